The van der Waals surface area contributed by atoms with E-state index in [2.05, 4.69) is 157 Å². The van der Waals surface area contributed by atoms with Crippen molar-refractivity contribution in [3.63, 3.8) is 0 Å². The predicted octanol–water partition coefficient (Wildman–Crippen LogP) is 22.1. The second-order valence-corrected chi connectivity index (χ2v) is 33.2. The molecule has 11 heteroatoms. The van der Waals surface area contributed by atoms with Crippen LogP contribution in [0.15, 0.2) is 16.8 Å². The van der Waals surface area contributed by atoms with Crippen molar-refractivity contribution in [3.05, 3.63) is 22.1 Å². The summed E-state index contributed by atoms with van der Waals surface area (Å²) in [6.07, 6.45) is 2.27. The molecule has 81 heavy (non-hydrogen) atoms. The molecule has 0 aliphatic carbocycles. The molecular weight excluding hydrogens is 1010 g/mol. The molecular formula is C70H143N3O8. The number of carbonyl (C=O) groups is 7. The van der Waals surface area contributed by atoms with Crippen molar-refractivity contribution in [1.29, 1.82) is 0 Å². The molecule has 0 spiro atoms. The highest BCUT2D eigenvalue weighted by Crippen LogP contribution is 2.36. The van der Waals surface area contributed by atoms with Gasteiger partial charge in [0.1, 0.15) is 28.9 Å². The Labute approximate surface area is 507 Å². The first-order valence-electron chi connectivity index (χ1n) is 28.3. The quantitative estimate of drug-likeness (QED) is 0.0437. The van der Waals surface area contributed by atoms with E-state index in [4.69, 9.17) is 5.53 Å². The summed E-state index contributed by atoms with van der Waals surface area (Å²) in [5, 5.41) is 3.44. The van der Waals surface area contributed by atoms with E-state index in [1.54, 1.807) is 55.4 Å². The van der Waals surface area contributed by atoms with E-state index in [9.17, 15) is 33.6 Å². The standard InChI is InChI=1S/C8H16.C8H18.C7H12O3.C7H12.5C6H12O.C5H12.C4H9N3.CH4/c1-7(2)6-8(3,4)5;1-7(2,3)8(4,5)6;1-5(8)10-6(9)7(2,3)4;1-5-6-7(2,3)4;5*1-5(7)6(2,3)4;1-5(2,3)4;1-4(2,3)6-7-5;/h6H,1-5H3;1-6H3;1-4H3;6*1-4H3;1-4H3;1-3H3;1H4. The van der Waals surface area contributed by atoms with Crippen LogP contribution in [0.4, 0.5) is 0 Å². The summed E-state index contributed by atoms with van der Waals surface area (Å²) >= 11 is 0. The third-order valence-corrected chi connectivity index (χ3v) is 9.95. The van der Waals surface area contributed by atoms with E-state index < -0.39 is 17.4 Å². The Bertz CT molecular complexity index is 1690. The summed E-state index contributed by atoms with van der Waals surface area (Å²) in [5.74, 6) is 6.07. The number of carbonyl (C=O) groups excluding carboxylic acids is 7. The van der Waals surface area contributed by atoms with Gasteiger partial charge in [0.15, 0.2) is 0 Å². The Balaban J connectivity index is -0.0000000648. The summed E-state index contributed by atoms with van der Waals surface area (Å²) in [4.78, 5) is 76.0. The van der Waals surface area contributed by atoms with Crippen LogP contribution in [0.1, 0.15) is 326 Å². The zero-order chi connectivity index (χ0) is 68.9. The summed E-state index contributed by atoms with van der Waals surface area (Å²) in [5.41, 5.74) is 9.66. The molecule has 0 aromatic rings. The lowest BCUT2D eigenvalue weighted by Crippen LogP contribution is -2.25. The monoisotopic (exact) mass is 1150 g/mol. The highest BCUT2D eigenvalue weighted by Gasteiger charge is 2.27. The molecule has 0 aromatic heterocycles. The number of hydrogen-bond acceptors (Lipinski definition) is 9. The maximum atomic E-state index is 10.8. The Kier molecular flexibility index (Phi) is 58.0. The van der Waals surface area contributed by atoms with Crippen LogP contribution in [0.5, 0.6) is 0 Å². The number of azide groups is 1. The number of esters is 2. The van der Waals surface area contributed by atoms with Crippen LogP contribution >= 0.6 is 0 Å². The SMILES string of the molecule is C.CC#CC(C)(C)C.CC(=O)C(C)(C)C.CC(=O)C(C)(C)C.CC(=O)C(C)(C)C.CC(=O)C(C)(C)C.CC(=O)C(C)(C)C.CC(=O)OC(=O)C(C)(C)C.CC(C)(C)C.CC(C)(C)C(C)(C)C.CC(C)(C)N=[N+]=[N-].CC(C)=CC(C)(C)C. The molecule has 0 atom stereocenters. The van der Waals surface area contributed by atoms with E-state index in [0.717, 1.165) is 0 Å². The Morgan fingerprint density at radius 3 is 0.593 bits per heavy atom. The average molecular weight is 1150 g/mol. The van der Waals surface area contributed by atoms with Gasteiger partial charge in [-0.15, -0.1) is 5.92 Å². The summed E-state index contributed by atoms with van der Waals surface area (Å²) in [6.45, 7) is 90.0. The van der Waals surface area contributed by atoms with E-state index in [-0.39, 0.29) is 74.4 Å². The molecule has 0 unspecified atom stereocenters. The molecule has 0 aromatic carbocycles. The first kappa shape index (κ1) is 105. The first-order chi connectivity index (χ1) is 33.8. The van der Waals surface area contributed by atoms with Crippen LogP contribution in [-0.2, 0) is 38.3 Å². The smallest absolute Gasteiger partial charge is 0.318 e. The lowest BCUT2D eigenvalue weighted by molar-refractivity contribution is -0.164. The second kappa shape index (κ2) is 44.6. The van der Waals surface area contributed by atoms with Crippen LogP contribution in [0, 0.1) is 71.4 Å². The predicted molar refractivity (Wildman–Crippen MR) is 358 cm³/mol. The minimum Gasteiger partial charge on any atom is -0.393 e. The van der Waals surface area contributed by atoms with E-state index >= 15 is 0 Å². The van der Waals surface area contributed by atoms with Crippen LogP contribution < -0.4 is 0 Å². The molecule has 0 bridgehead atoms. The summed E-state index contributed by atoms with van der Waals surface area (Å²) in [6, 6.07) is 0. The van der Waals surface area contributed by atoms with Crippen molar-refractivity contribution < 1.29 is 38.3 Å². The number of Topliss-reactive ketones (excluding diaryl/α,β-unsaturated/α-hetero) is 5. The van der Waals surface area contributed by atoms with Crippen molar-refractivity contribution in [3.8, 4) is 11.8 Å². The van der Waals surface area contributed by atoms with Crippen molar-refractivity contribution in [2.75, 3.05) is 0 Å². The first-order valence-corrected chi connectivity index (χ1v) is 28.3. The molecule has 486 valence electrons. The zero-order valence-corrected chi connectivity index (χ0v) is 62.2. The Morgan fingerprint density at radius 2 is 0.580 bits per heavy atom. The molecule has 0 saturated heterocycles. The fourth-order valence-corrected chi connectivity index (χ4v) is 1.66. The number of hydrogen-bond donors (Lipinski definition) is 0. The van der Waals surface area contributed by atoms with E-state index in [1.807, 2.05) is 132 Å². The van der Waals surface area contributed by atoms with Crippen LogP contribution in [-0.4, -0.2) is 46.4 Å². The molecule has 0 aliphatic heterocycles. The average Bonchev–Trinajstić information content (AvgIpc) is 3.08. The van der Waals surface area contributed by atoms with Gasteiger partial charge in [-0.25, -0.2) is 0 Å². The van der Waals surface area contributed by atoms with Gasteiger partial charge >= 0.3 is 11.9 Å². The largest absolute Gasteiger partial charge is 0.393 e. The highest BCUT2D eigenvalue weighted by atomic mass is 16.6. The van der Waals surface area contributed by atoms with Gasteiger partial charge in [0.25, 0.3) is 0 Å². The molecule has 0 radical (unpaired) electrons. The summed E-state index contributed by atoms with van der Waals surface area (Å²) < 4.78 is 4.34. The number of rotatable bonds is 0. The van der Waals surface area contributed by atoms with Crippen molar-refractivity contribution >= 4 is 40.9 Å². The fourth-order valence-electron chi connectivity index (χ4n) is 1.66. The summed E-state index contributed by atoms with van der Waals surface area (Å²) in [7, 11) is 0. The van der Waals surface area contributed by atoms with E-state index in [0.29, 0.717) is 21.7 Å². The van der Waals surface area contributed by atoms with Crippen LogP contribution in [0.2, 0.25) is 0 Å². The number of nitrogens with zero attached hydrogens (tertiary/aromatic N) is 3. The maximum Gasteiger partial charge on any atom is 0.318 e. The molecule has 0 fully saturated rings. The number of ether oxygens (including phenoxy) is 1. The molecule has 0 rings (SSSR count). The van der Waals surface area contributed by atoms with Crippen molar-refractivity contribution in [1.82, 2.24) is 0 Å². The maximum absolute atomic E-state index is 10.8. The number of allylic oxidation sites excluding steroid dienone is 2. The normalized spacial score (nSPS) is 11.2. The van der Waals surface area contributed by atoms with Gasteiger partial charge in [-0.2, -0.15) is 0 Å². The minimum atomic E-state index is -0.592. The van der Waals surface area contributed by atoms with Gasteiger partial charge in [0.05, 0.1) is 5.41 Å². The molecule has 0 aliphatic rings. The van der Waals surface area contributed by atoms with Gasteiger partial charge in [-0.3, -0.25) is 33.6 Å². The second-order valence-electron chi connectivity index (χ2n) is 33.2. The van der Waals surface area contributed by atoms with Crippen LogP contribution in [0.25, 0.3) is 10.4 Å². The van der Waals surface area contributed by atoms with E-state index in [1.165, 1.54) is 12.5 Å². The van der Waals surface area contributed by atoms with Gasteiger partial charge in [-0.1, -0.05) is 245 Å². The lowest BCUT2D eigenvalue weighted by atomic mass is 9.71. The minimum absolute atomic E-state index is 0. The third kappa shape index (κ3) is 124. The van der Waals surface area contributed by atoms with Gasteiger partial charge in [0.2, 0.25) is 0 Å². The molecule has 0 heterocycles. The van der Waals surface area contributed by atoms with Gasteiger partial charge in [0, 0.05) is 49.9 Å². The fraction of sp³-hybridized carbons (Fsp3) is 0.843. The molecule has 11 nitrogen and oxygen atoms in total. The van der Waals surface area contributed by atoms with Crippen molar-refractivity contribution in [2.45, 2.75) is 331 Å². The van der Waals surface area contributed by atoms with Crippen molar-refractivity contribution in [2.24, 2.45) is 64.7 Å². The molecule has 0 saturated carbocycles. The third-order valence-electron chi connectivity index (χ3n) is 9.95. The molecule has 0 amide bonds. The van der Waals surface area contributed by atoms with Crippen LogP contribution in [0.3, 0.4) is 0 Å². The highest BCUT2D eigenvalue weighted by molar-refractivity contribution is 5.87. The number of ketones is 5. The topological polar surface area (TPSA) is 177 Å². The Morgan fingerprint density at radius 1 is 0.395 bits per heavy atom. The van der Waals surface area contributed by atoms with Gasteiger partial charge in [-0.05, 0) is 124 Å². The zero-order valence-electron chi connectivity index (χ0n) is 62.2. The molecule has 0 N–H and O–H groups in total. The van der Waals surface area contributed by atoms with Gasteiger partial charge < -0.3 is 4.74 Å². The lowest BCUT2D eigenvalue weighted by Gasteiger charge is -2.34. The Hall–Kier alpha value is -3.90.